The molecular formula is C13H15NO3. The fourth-order valence-corrected chi connectivity index (χ4v) is 1.53. The highest BCUT2D eigenvalue weighted by atomic mass is 16.4. The number of hydrogen-bond acceptors (Lipinski definition) is 2. The molecule has 0 spiro atoms. The summed E-state index contributed by atoms with van der Waals surface area (Å²) >= 11 is 0. The lowest BCUT2D eigenvalue weighted by atomic mass is 9.97. The second kappa shape index (κ2) is 4.82. The maximum absolute atomic E-state index is 10.9. The van der Waals surface area contributed by atoms with Gasteiger partial charge in [0, 0.05) is 5.57 Å². The molecule has 0 aliphatic rings. The Labute approximate surface area is 99.8 Å². The number of primary amides is 1. The van der Waals surface area contributed by atoms with Crippen LogP contribution >= 0.6 is 0 Å². The first-order valence-electron chi connectivity index (χ1n) is 5.16. The average molecular weight is 233 g/mol. The zero-order valence-corrected chi connectivity index (χ0v) is 10.1. The van der Waals surface area contributed by atoms with Crippen LogP contribution < -0.4 is 5.73 Å². The minimum atomic E-state index is -0.951. The summed E-state index contributed by atoms with van der Waals surface area (Å²) in [6.45, 7) is 5.19. The zero-order valence-electron chi connectivity index (χ0n) is 10.1. The number of rotatable bonds is 3. The van der Waals surface area contributed by atoms with Crippen LogP contribution in [0.3, 0.4) is 0 Å². The van der Waals surface area contributed by atoms with E-state index in [-0.39, 0.29) is 5.56 Å². The molecule has 0 heterocycles. The molecule has 4 heteroatoms. The van der Waals surface area contributed by atoms with Gasteiger partial charge in [-0.05, 0) is 49.6 Å². The van der Waals surface area contributed by atoms with Crippen molar-refractivity contribution >= 4 is 18.0 Å². The van der Waals surface area contributed by atoms with E-state index < -0.39 is 11.9 Å². The van der Waals surface area contributed by atoms with E-state index in [0.29, 0.717) is 11.1 Å². The average Bonchev–Trinajstić information content (AvgIpc) is 2.24. The Balaban J connectivity index is 3.31. The van der Waals surface area contributed by atoms with Crippen molar-refractivity contribution in [3.63, 3.8) is 0 Å². The van der Waals surface area contributed by atoms with Crippen molar-refractivity contribution in [2.75, 3.05) is 0 Å². The maximum Gasteiger partial charge on any atom is 0.335 e. The van der Waals surface area contributed by atoms with Crippen LogP contribution in [0.25, 0.3) is 6.08 Å². The van der Waals surface area contributed by atoms with Crippen molar-refractivity contribution in [1.29, 1.82) is 0 Å². The third kappa shape index (κ3) is 2.72. The summed E-state index contributed by atoms with van der Waals surface area (Å²) in [6, 6.07) is 3.21. The van der Waals surface area contributed by atoms with Gasteiger partial charge in [0.2, 0.25) is 5.91 Å². The van der Waals surface area contributed by atoms with Gasteiger partial charge in [-0.2, -0.15) is 0 Å². The third-order valence-corrected chi connectivity index (χ3v) is 2.82. The van der Waals surface area contributed by atoms with Crippen molar-refractivity contribution in [3.05, 3.63) is 40.0 Å². The summed E-state index contributed by atoms with van der Waals surface area (Å²) < 4.78 is 0. The molecule has 0 bridgehead atoms. The number of aromatic carboxylic acids is 1. The van der Waals surface area contributed by atoms with Gasteiger partial charge >= 0.3 is 5.97 Å². The molecule has 0 aliphatic carbocycles. The fourth-order valence-electron chi connectivity index (χ4n) is 1.53. The van der Waals surface area contributed by atoms with Crippen molar-refractivity contribution in [1.82, 2.24) is 0 Å². The molecule has 0 saturated carbocycles. The number of hydrogen-bond donors (Lipinski definition) is 2. The predicted octanol–water partition coefficient (Wildman–Crippen LogP) is 1.89. The van der Waals surface area contributed by atoms with Gasteiger partial charge in [-0.25, -0.2) is 4.79 Å². The highest BCUT2D eigenvalue weighted by molar-refractivity contribution is 5.96. The first-order valence-corrected chi connectivity index (χ1v) is 5.16. The summed E-state index contributed by atoms with van der Waals surface area (Å²) in [7, 11) is 0. The Hall–Kier alpha value is -2.10. The van der Waals surface area contributed by atoms with E-state index in [2.05, 4.69) is 0 Å². The normalized spacial score (nSPS) is 11.4. The molecule has 17 heavy (non-hydrogen) atoms. The summed E-state index contributed by atoms with van der Waals surface area (Å²) in [6.07, 6.45) is 1.66. The molecule has 0 aliphatic heterocycles. The summed E-state index contributed by atoms with van der Waals surface area (Å²) in [4.78, 5) is 21.9. The molecule has 3 N–H and O–H groups in total. The molecule has 0 saturated heterocycles. The number of carboxylic acid groups (broad SMARTS) is 1. The molecule has 1 amide bonds. The second-order valence-electron chi connectivity index (χ2n) is 3.95. The van der Waals surface area contributed by atoms with Crippen LogP contribution in [0, 0.1) is 13.8 Å². The van der Waals surface area contributed by atoms with E-state index in [1.807, 2.05) is 6.92 Å². The predicted molar refractivity (Wildman–Crippen MR) is 65.7 cm³/mol. The number of carbonyl (C=O) groups excluding carboxylic acids is 1. The molecule has 0 radical (unpaired) electrons. The molecule has 90 valence electrons. The Bertz CT molecular complexity index is 516. The van der Waals surface area contributed by atoms with Crippen molar-refractivity contribution in [2.24, 2.45) is 5.73 Å². The Kier molecular flexibility index (Phi) is 3.68. The number of carboxylic acids is 1. The van der Waals surface area contributed by atoms with Crippen LogP contribution in [0.5, 0.6) is 0 Å². The lowest BCUT2D eigenvalue weighted by molar-refractivity contribution is -0.114. The minimum absolute atomic E-state index is 0.274. The molecule has 1 rings (SSSR count). The molecule has 0 atom stereocenters. The minimum Gasteiger partial charge on any atom is -0.478 e. The molecule has 0 aromatic heterocycles. The van der Waals surface area contributed by atoms with Crippen LogP contribution in [0.2, 0.25) is 0 Å². The number of nitrogens with two attached hydrogens (primary N) is 1. The second-order valence-corrected chi connectivity index (χ2v) is 3.95. The summed E-state index contributed by atoms with van der Waals surface area (Å²) in [5.41, 5.74) is 8.21. The van der Waals surface area contributed by atoms with E-state index >= 15 is 0 Å². The van der Waals surface area contributed by atoms with Crippen molar-refractivity contribution < 1.29 is 14.7 Å². The van der Waals surface area contributed by atoms with Crippen LogP contribution in [0.1, 0.15) is 34.0 Å². The Morgan fingerprint density at radius 2 is 1.82 bits per heavy atom. The van der Waals surface area contributed by atoms with Crippen molar-refractivity contribution in [2.45, 2.75) is 20.8 Å². The van der Waals surface area contributed by atoms with Gasteiger partial charge in [0.15, 0.2) is 0 Å². The molecular weight excluding hydrogens is 218 g/mol. The van der Waals surface area contributed by atoms with E-state index in [1.54, 1.807) is 26.0 Å². The zero-order chi connectivity index (χ0) is 13.2. The monoisotopic (exact) mass is 233 g/mol. The SMILES string of the molecule is CC(=Cc1ccc(C(=O)O)c(C)c1C)C(N)=O. The van der Waals surface area contributed by atoms with E-state index in [0.717, 1.165) is 11.1 Å². The molecule has 0 fully saturated rings. The molecule has 0 unspecified atom stereocenters. The third-order valence-electron chi connectivity index (χ3n) is 2.82. The molecule has 4 nitrogen and oxygen atoms in total. The Morgan fingerprint density at radius 1 is 1.24 bits per heavy atom. The number of carbonyl (C=O) groups is 2. The van der Waals surface area contributed by atoms with E-state index in [4.69, 9.17) is 10.8 Å². The van der Waals surface area contributed by atoms with Gasteiger partial charge in [0.05, 0.1) is 5.56 Å². The highest BCUT2D eigenvalue weighted by Gasteiger charge is 2.11. The number of benzene rings is 1. The van der Waals surface area contributed by atoms with Crippen LogP contribution in [0.4, 0.5) is 0 Å². The van der Waals surface area contributed by atoms with Gasteiger partial charge in [-0.15, -0.1) is 0 Å². The highest BCUT2D eigenvalue weighted by Crippen LogP contribution is 2.20. The Morgan fingerprint density at radius 3 is 2.29 bits per heavy atom. The van der Waals surface area contributed by atoms with Crippen LogP contribution in [-0.2, 0) is 4.79 Å². The largest absolute Gasteiger partial charge is 0.478 e. The fraction of sp³-hybridized carbons (Fsp3) is 0.231. The lowest BCUT2D eigenvalue weighted by Crippen LogP contribution is -2.11. The van der Waals surface area contributed by atoms with Gasteiger partial charge in [-0.1, -0.05) is 6.07 Å². The van der Waals surface area contributed by atoms with E-state index in [9.17, 15) is 9.59 Å². The summed E-state index contributed by atoms with van der Waals surface area (Å²) in [5, 5.41) is 8.96. The van der Waals surface area contributed by atoms with Gasteiger partial charge < -0.3 is 10.8 Å². The van der Waals surface area contributed by atoms with Crippen molar-refractivity contribution in [3.8, 4) is 0 Å². The van der Waals surface area contributed by atoms with Gasteiger partial charge in [0.1, 0.15) is 0 Å². The van der Waals surface area contributed by atoms with Gasteiger partial charge in [0.25, 0.3) is 0 Å². The topological polar surface area (TPSA) is 80.4 Å². The smallest absolute Gasteiger partial charge is 0.335 e. The maximum atomic E-state index is 10.9. The molecule has 1 aromatic rings. The quantitative estimate of drug-likeness (QED) is 0.782. The first-order chi connectivity index (χ1) is 7.84. The lowest BCUT2D eigenvalue weighted by Gasteiger charge is -2.08. The molecule has 1 aromatic carbocycles. The van der Waals surface area contributed by atoms with Crippen LogP contribution in [-0.4, -0.2) is 17.0 Å². The standard InChI is InChI=1S/C13H15NO3/c1-7(12(14)15)6-10-4-5-11(13(16)17)9(3)8(10)2/h4-6H,1-3H3,(H2,14,15)(H,16,17). The summed E-state index contributed by atoms with van der Waals surface area (Å²) in [5.74, 6) is -1.43. The van der Waals surface area contributed by atoms with Gasteiger partial charge in [-0.3, -0.25) is 4.79 Å². The van der Waals surface area contributed by atoms with Crippen LogP contribution in [0.15, 0.2) is 17.7 Å². The van der Waals surface area contributed by atoms with E-state index in [1.165, 1.54) is 6.07 Å². The number of amides is 1. The first kappa shape index (κ1) is 13.0.